The monoisotopic (exact) mass is 397 g/mol. The number of amides is 1. The molecule has 0 spiro atoms. The highest BCUT2D eigenvalue weighted by molar-refractivity contribution is 5.79. The molecule has 0 aromatic carbocycles. The van der Waals surface area contributed by atoms with E-state index >= 15 is 0 Å². The van der Waals surface area contributed by atoms with E-state index in [9.17, 15) is 18.0 Å². The maximum Gasteiger partial charge on any atom is 0.417 e. The van der Waals surface area contributed by atoms with E-state index in [0.717, 1.165) is 57.6 Å². The maximum absolute atomic E-state index is 13.0. The standard InChI is InChI=1S/C20H26F3N3O2/c21-20(22,23)15-9-14-12-26(6-3-18(14)24-11-15)19(27)13-1-2-17(10-13)25-16-4-7-28-8-5-16/h9,11,13,16-17,25H,1-8,10,12H2/t13?,17-/m1/s1. The molecular formula is C20H26F3N3O2. The molecule has 2 fully saturated rings. The first kappa shape index (κ1) is 19.6. The van der Waals surface area contributed by atoms with Crippen LogP contribution in [0.25, 0.3) is 0 Å². The SMILES string of the molecule is O=C(C1CC[C@@H](NC2CCOCC2)C1)N1CCc2ncc(C(F)(F)F)cc2C1. The number of nitrogens with one attached hydrogen (secondary N) is 1. The van der Waals surface area contributed by atoms with Crippen LogP contribution < -0.4 is 5.32 Å². The van der Waals surface area contributed by atoms with Gasteiger partial charge in [0.1, 0.15) is 0 Å². The van der Waals surface area contributed by atoms with E-state index in [0.29, 0.717) is 36.3 Å². The topological polar surface area (TPSA) is 54.5 Å². The minimum atomic E-state index is -4.41. The van der Waals surface area contributed by atoms with E-state index in [1.54, 1.807) is 4.90 Å². The van der Waals surface area contributed by atoms with Gasteiger partial charge in [0.05, 0.1) is 5.56 Å². The summed E-state index contributed by atoms with van der Waals surface area (Å²) in [5.74, 6) is 0.0250. The zero-order valence-electron chi connectivity index (χ0n) is 15.8. The first-order valence-corrected chi connectivity index (χ1v) is 10.1. The number of ether oxygens (including phenoxy) is 1. The number of carbonyl (C=O) groups is 1. The molecule has 5 nitrogen and oxygen atoms in total. The number of hydrogen-bond donors (Lipinski definition) is 1. The van der Waals surface area contributed by atoms with E-state index in [1.807, 2.05) is 0 Å². The lowest BCUT2D eigenvalue weighted by Crippen LogP contribution is -2.42. The van der Waals surface area contributed by atoms with Gasteiger partial charge in [0.15, 0.2) is 0 Å². The van der Waals surface area contributed by atoms with Gasteiger partial charge >= 0.3 is 6.18 Å². The average molecular weight is 397 g/mol. The molecule has 154 valence electrons. The number of pyridine rings is 1. The molecule has 0 radical (unpaired) electrons. The van der Waals surface area contributed by atoms with Crippen LogP contribution in [0.2, 0.25) is 0 Å². The summed E-state index contributed by atoms with van der Waals surface area (Å²) in [6, 6.07) is 1.94. The van der Waals surface area contributed by atoms with Crippen LogP contribution in [0.5, 0.6) is 0 Å². The molecule has 1 amide bonds. The largest absolute Gasteiger partial charge is 0.417 e. The van der Waals surface area contributed by atoms with E-state index in [-0.39, 0.29) is 18.4 Å². The molecule has 1 aromatic heterocycles. The van der Waals surface area contributed by atoms with Crippen LogP contribution in [0.15, 0.2) is 12.3 Å². The minimum Gasteiger partial charge on any atom is -0.381 e. The van der Waals surface area contributed by atoms with Crippen molar-refractivity contribution in [3.63, 3.8) is 0 Å². The summed E-state index contributed by atoms with van der Waals surface area (Å²) < 4.78 is 44.3. The van der Waals surface area contributed by atoms with Crippen molar-refractivity contribution >= 4 is 5.91 Å². The second kappa shape index (κ2) is 7.99. The Hall–Kier alpha value is -1.67. The molecule has 3 aliphatic rings. The van der Waals surface area contributed by atoms with E-state index < -0.39 is 11.7 Å². The lowest BCUT2D eigenvalue weighted by atomic mass is 10.00. The molecule has 1 aliphatic carbocycles. The molecule has 2 aliphatic heterocycles. The molecule has 1 saturated heterocycles. The smallest absolute Gasteiger partial charge is 0.381 e. The number of fused-ring (bicyclic) bond motifs is 1. The van der Waals surface area contributed by atoms with Crippen molar-refractivity contribution < 1.29 is 22.7 Å². The summed E-state index contributed by atoms with van der Waals surface area (Å²) in [6.45, 7) is 2.32. The number of rotatable bonds is 3. The number of aromatic nitrogens is 1. The average Bonchev–Trinajstić information content (AvgIpc) is 3.15. The number of hydrogen-bond acceptors (Lipinski definition) is 4. The number of alkyl halides is 3. The van der Waals surface area contributed by atoms with Crippen LogP contribution in [-0.2, 0) is 28.7 Å². The first-order valence-electron chi connectivity index (χ1n) is 10.1. The summed E-state index contributed by atoms with van der Waals surface area (Å²) >= 11 is 0. The predicted molar refractivity (Wildman–Crippen MR) is 96.5 cm³/mol. The van der Waals surface area contributed by atoms with Gasteiger partial charge in [-0.05, 0) is 43.7 Å². The third kappa shape index (κ3) is 4.33. The molecule has 1 aromatic rings. The van der Waals surface area contributed by atoms with E-state index in [2.05, 4.69) is 10.3 Å². The Labute approximate surface area is 162 Å². The zero-order chi connectivity index (χ0) is 19.7. The maximum atomic E-state index is 13.0. The lowest BCUT2D eigenvalue weighted by Gasteiger charge is -2.31. The predicted octanol–water partition coefficient (Wildman–Crippen LogP) is 2.92. The Kier molecular flexibility index (Phi) is 5.60. The molecule has 4 rings (SSSR count). The van der Waals surface area contributed by atoms with Crippen molar-refractivity contribution in [2.75, 3.05) is 19.8 Å². The molecule has 2 atom stereocenters. The van der Waals surface area contributed by atoms with E-state index in [1.165, 1.54) is 0 Å². The Morgan fingerprint density at radius 1 is 1.18 bits per heavy atom. The molecule has 3 heterocycles. The van der Waals surface area contributed by atoms with Crippen molar-refractivity contribution in [2.24, 2.45) is 5.92 Å². The van der Waals surface area contributed by atoms with Gasteiger partial charge in [-0.25, -0.2) is 0 Å². The van der Waals surface area contributed by atoms with Crippen molar-refractivity contribution in [1.82, 2.24) is 15.2 Å². The van der Waals surface area contributed by atoms with Gasteiger partial charge in [-0.3, -0.25) is 9.78 Å². The molecule has 1 unspecified atom stereocenters. The van der Waals surface area contributed by atoms with Gasteiger partial charge in [0.25, 0.3) is 0 Å². The van der Waals surface area contributed by atoms with Gasteiger partial charge < -0.3 is 15.0 Å². The highest BCUT2D eigenvalue weighted by Crippen LogP contribution is 2.33. The van der Waals surface area contributed by atoms with Crippen molar-refractivity contribution in [3.05, 3.63) is 29.1 Å². The summed E-state index contributed by atoms with van der Waals surface area (Å²) in [6.07, 6.45) is 1.61. The van der Waals surface area contributed by atoms with E-state index in [4.69, 9.17) is 4.74 Å². The first-order chi connectivity index (χ1) is 13.4. The summed E-state index contributed by atoms with van der Waals surface area (Å²) in [5, 5.41) is 3.66. The third-order valence-corrected chi connectivity index (χ3v) is 6.15. The van der Waals surface area contributed by atoms with Crippen LogP contribution in [0, 0.1) is 5.92 Å². The minimum absolute atomic E-state index is 0.0438. The van der Waals surface area contributed by atoms with Gasteiger partial charge in [0.2, 0.25) is 5.91 Å². The van der Waals surface area contributed by atoms with Crippen LogP contribution in [0.1, 0.15) is 48.9 Å². The summed E-state index contributed by atoms with van der Waals surface area (Å²) in [7, 11) is 0. The van der Waals surface area contributed by atoms with Crippen LogP contribution in [-0.4, -0.2) is 47.6 Å². The molecule has 28 heavy (non-hydrogen) atoms. The lowest BCUT2D eigenvalue weighted by molar-refractivity contribution is -0.137. The highest BCUT2D eigenvalue weighted by Gasteiger charge is 2.36. The summed E-state index contributed by atoms with van der Waals surface area (Å²) in [5.41, 5.74) is 0.439. The summed E-state index contributed by atoms with van der Waals surface area (Å²) in [4.78, 5) is 18.7. The molecule has 8 heteroatoms. The number of nitrogens with zero attached hydrogens (tertiary/aromatic N) is 2. The fourth-order valence-electron chi connectivity index (χ4n) is 4.58. The number of halogens is 3. The fraction of sp³-hybridized carbons (Fsp3) is 0.700. The molecule has 1 saturated carbocycles. The molecule has 0 bridgehead atoms. The zero-order valence-corrected chi connectivity index (χ0v) is 15.8. The Balaban J connectivity index is 1.36. The Morgan fingerprint density at radius 3 is 2.71 bits per heavy atom. The van der Waals surface area contributed by atoms with Crippen LogP contribution in [0.3, 0.4) is 0 Å². The normalized spacial score (nSPS) is 26.3. The fourth-order valence-corrected chi connectivity index (χ4v) is 4.58. The van der Waals surface area contributed by atoms with Crippen molar-refractivity contribution in [2.45, 2.75) is 63.3 Å². The van der Waals surface area contributed by atoms with Crippen LogP contribution in [0.4, 0.5) is 13.2 Å². The van der Waals surface area contributed by atoms with Gasteiger partial charge in [-0.2, -0.15) is 13.2 Å². The highest BCUT2D eigenvalue weighted by atomic mass is 19.4. The van der Waals surface area contributed by atoms with Crippen molar-refractivity contribution in [1.29, 1.82) is 0 Å². The second-order valence-corrected chi connectivity index (χ2v) is 8.10. The Bertz CT molecular complexity index is 719. The van der Waals surface area contributed by atoms with Gasteiger partial charge in [-0.15, -0.1) is 0 Å². The molecular weight excluding hydrogens is 371 g/mol. The van der Waals surface area contributed by atoms with Crippen LogP contribution >= 0.6 is 0 Å². The molecule has 1 N–H and O–H groups in total. The van der Waals surface area contributed by atoms with Gasteiger partial charge in [-0.1, -0.05) is 0 Å². The Morgan fingerprint density at radius 2 is 1.96 bits per heavy atom. The number of carbonyl (C=O) groups excluding carboxylic acids is 1. The van der Waals surface area contributed by atoms with Gasteiger partial charge in [0, 0.05) is 62.6 Å². The van der Waals surface area contributed by atoms with Crippen molar-refractivity contribution in [3.8, 4) is 0 Å². The quantitative estimate of drug-likeness (QED) is 0.852. The second-order valence-electron chi connectivity index (χ2n) is 8.10. The third-order valence-electron chi connectivity index (χ3n) is 6.15.